The summed E-state index contributed by atoms with van der Waals surface area (Å²) in [4.78, 5) is 95.4. The Kier molecular flexibility index (Phi) is 34.4. The third-order valence-electron chi connectivity index (χ3n) is 23.1. The number of nitrogens with zero attached hydrogens (tertiary/aromatic N) is 17. The Bertz CT molecular complexity index is 6170. The van der Waals surface area contributed by atoms with Crippen molar-refractivity contribution in [1.82, 2.24) is 97.6 Å². The SMILES string of the molecule is C=P(C)(C)CC[C@H]1O[C@@H](n2c(C)nc3c(=O)[nH]c(N)nc32)[C@H](O)[C@@H]1O.C=P(C)(C)CC[C@H]1O[C@@H](n2c(CC)nc3c(=O)[nH]c(C)nc32)[C@H](O)[C@@H]1O.C=P(C)(C)CC[C@H]1O[C@@H](n2c(CCC)nc3c(=O)[nH]c(C)nc32)[C@H](O)[C@@H]1O.C=P(C)(C)CC[C@H]1O[C@@H](n2cnc3c(OCCC)nc(N)nc32)[C@H](O)[C@@H]1O.C=P(C)(C)CC[C@H]1O[C@@H](n2cnc3c(OCCCC)nc(N)nc32)[C@H](O)[C@@H]1O. The molecule has 0 bridgehead atoms. The summed E-state index contributed by atoms with van der Waals surface area (Å²) in [5.41, 5.74) is 19.4. The molecule has 0 radical (unpaired) electrons. The van der Waals surface area contributed by atoms with Gasteiger partial charge in [-0.15, -0.1) is 65.9 Å². The Morgan fingerprint density at radius 1 is 0.376 bits per heavy atom. The van der Waals surface area contributed by atoms with E-state index in [4.69, 9.17) is 50.4 Å². The Balaban J connectivity index is 0.000000160. The molecule has 0 amide bonds. The van der Waals surface area contributed by atoms with Gasteiger partial charge in [-0.1, -0.05) is 34.1 Å². The van der Waals surface area contributed by atoms with E-state index in [-0.39, 0.29) is 51.2 Å². The Morgan fingerprint density at radius 2 is 0.699 bits per heavy atom. The van der Waals surface area contributed by atoms with Gasteiger partial charge >= 0.3 is 0 Å². The number of aromatic amines is 3. The van der Waals surface area contributed by atoms with Crippen molar-refractivity contribution in [2.75, 3.05) is 128 Å². The number of ether oxygens (including phenoxy) is 7. The monoisotopic (exact) mass is 1960 g/mol. The molecule has 0 spiro atoms. The fourth-order valence-electron chi connectivity index (χ4n) is 16.1. The van der Waals surface area contributed by atoms with Crippen molar-refractivity contribution in [2.45, 2.75) is 242 Å². The third kappa shape index (κ3) is 25.3. The highest BCUT2D eigenvalue weighted by molar-refractivity contribution is 7.73. The van der Waals surface area contributed by atoms with Gasteiger partial charge in [-0.05, 0) is 170 Å². The average Bonchev–Trinajstić information content (AvgIpc) is 1.60. The standard InChI is InChI=1S/C18H30N5O4P.C18H29N4O4P.C17H28N5O4P.C17H27N4O4P.C15H24N5O4P/c1-5-6-8-26-16-12-15(21-18(19)22-16)23(10-20-12)17-14(25)13(24)11(27-17)7-9-28(2,3)4;1-6-7-12-21-13-16(19-10(2)20-17(13)25)22(12)18-15(24)14(23)11(26-18)8-9-27(3,4)5;1-5-7-25-15-11-14(20-17(18)21-15)22(9-19-11)16-13(24)12(23)10(26-16)6-8-27(2,3)4;1-6-11-20-12-15(18-9(2)19-16(12)24)21(11)17-14(23)13(22)10(25-17)7-8-26(3,4)5;1-7-17-9-12(18-15(16)19-13(9)23)20(7)14-11(22)10(21)8(24-14)5-6-25(2,3)4/h10-11,13-14,17,24-25H,2,5-9H2,1,3-4H3,(H2,19,21,22);11,14-15,18,23-24H,3,6-9H2,1-2,4-5H3,(H,19,20,25);9-10,12-13,16,23-24H,2,5-8H2,1,3-4H3,(H2,18,20,21);10,13-14,17,22-23H,3,6-8H2,1-2,4-5H3,(H,18,19,24);8,10-11,14,21-22H,2,5-6H2,1,3-4H3,(H3,16,18,19,23)/t11-,13-,14-,17-;11-,14-,15-,18-;10-,12-,13-,16-;10-,13-,14-,17-;8-,10-,11-,14-/m11111/s1. The number of rotatable bonds is 30. The molecular formula is C85H138N23O20P5. The second-order valence-corrected chi connectivity index (χ2v) is 59.7. The largest absolute Gasteiger partial charge is 0.476 e. The first-order valence-corrected chi connectivity index (χ1v) is 59.9. The number of unbranched alkanes of at least 4 members (excludes halogenated alkanes) is 1. The summed E-state index contributed by atoms with van der Waals surface area (Å²) in [5.74, 6) is 3.23. The van der Waals surface area contributed by atoms with Crippen LogP contribution in [-0.2, 0) is 36.5 Å². The van der Waals surface area contributed by atoms with E-state index in [0.29, 0.717) is 133 Å². The molecule has 0 unspecified atom stereocenters. The van der Waals surface area contributed by atoms with Crippen molar-refractivity contribution in [3.05, 3.63) is 72.8 Å². The van der Waals surface area contributed by atoms with Crippen LogP contribution in [0.2, 0.25) is 0 Å². The summed E-state index contributed by atoms with van der Waals surface area (Å²) >= 11 is 0. The zero-order valence-electron chi connectivity index (χ0n) is 79.1. The highest BCUT2D eigenvalue weighted by atomic mass is 31.2. The molecule has 15 rings (SSSR count). The van der Waals surface area contributed by atoms with Crippen molar-refractivity contribution >= 4 is 140 Å². The summed E-state index contributed by atoms with van der Waals surface area (Å²) in [6.07, 6.45) is 18.7. The average molecular weight is 1960 g/mol. The van der Waals surface area contributed by atoms with E-state index in [1.54, 1.807) is 39.0 Å². The number of fused-ring (bicyclic) bond motifs is 5. The van der Waals surface area contributed by atoms with Crippen molar-refractivity contribution in [1.29, 1.82) is 0 Å². The van der Waals surface area contributed by atoms with Crippen molar-refractivity contribution in [3.63, 3.8) is 0 Å². The number of nitrogens with two attached hydrogens (primary N) is 3. The maximum Gasteiger partial charge on any atom is 0.280 e. The Labute approximate surface area is 771 Å². The molecule has 48 heteroatoms. The molecule has 738 valence electrons. The summed E-state index contributed by atoms with van der Waals surface area (Å²) < 4.78 is 49.2. The minimum atomic E-state index is -1.27. The van der Waals surface area contributed by atoms with Crippen LogP contribution in [0.3, 0.4) is 0 Å². The molecule has 0 aliphatic carbocycles. The van der Waals surface area contributed by atoms with E-state index in [9.17, 15) is 65.4 Å². The Morgan fingerprint density at radius 3 is 1.05 bits per heavy atom. The lowest BCUT2D eigenvalue weighted by Gasteiger charge is -2.20. The fourth-order valence-corrected chi connectivity index (χ4v) is 20.9. The van der Waals surface area contributed by atoms with Crippen LogP contribution in [0.5, 0.6) is 11.8 Å². The van der Waals surface area contributed by atoms with Gasteiger partial charge in [-0.25, -0.2) is 34.9 Å². The first-order valence-electron chi connectivity index (χ1n) is 44.6. The van der Waals surface area contributed by atoms with Crippen molar-refractivity contribution in [2.24, 2.45) is 0 Å². The number of aryl methyl sites for hydroxylation is 5. The number of nitrogens with one attached hydrogen (secondary N) is 3. The van der Waals surface area contributed by atoms with Crippen LogP contribution in [0.25, 0.3) is 55.8 Å². The van der Waals surface area contributed by atoms with Crippen molar-refractivity contribution in [3.8, 4) is 11.8 Å². The predicted octanol–water partition coefficient (Wildman–Crippen LogP) is 3.76. The molecule has 5 aliphatic rings. The van der Waals surface area contributed by atoms with E-state index in [2.05, 4.69) is 180 Å². The minimum absolute atomic E-state index is 0.0449. The summed E-state index contributed by atoms with van der Waals surface area (Å²) in [6.45, 7) is 28.9. The predicted molar refractivity (Wildman–Crippen MR) is 529 cm³/mol. The fraction of sp³-hybridized carbons (Fsp3) is 0.647. The van der Waals surface area contributed by atoms with Crippen LogP contribution < -0.4 is 43.4 Å². The molecule has 5 fully saturated rings. The number of nitrogen functional groups attached to an aromatic ring is 3. The topological polar surface area (TPSA) is 623 Å². The van der Waals surface area contributed by atoms with Gasteiger partial charge in [0.1, 0.15) is 90.2 Å². The summed E-state index contributed by atoms with van der Waals surface area (Å²) in [5, 5.41) is 105. The van der Waals surface area contributed by atoms with Gasteiger partial charge in [0.25, 0.3) is 16.7 Å². The second kappa shape index (κ2) is 43.4. The zero-order chi connectivity index (χ0) is 97.9. The molecule has 10 aromatic heterocycles. The lowest BCUT2D eigenvalue weighted by molar-refractivity contribution is -0.0368. The molecule has 5 aliphatic heterocycles. The number of hydrogen-bond donors (Lipinski definition) is 16. The number of aromatic nitrogens is 20. The maximum atomic E-state index is 12.3. The number of imidazole rings is 5. The van der Waals surface area contributed by atoms with Gasteiger partial charge in [0.05, 0.1) is 56.4 Å². The van der Waals surface area contributed by atoms with E-state index in [0.717, 1.165) is 56.5 Å². The number of hydrogen-bond acceptors (Lipinski definition) is 35. The van der Waals surface area contributed by atoms with Gasteiger partial charge in [0.2, 0.25) is 29.6 Å². The molecule has 133 heavy (non-hydrogen) atoms. The quantitative estimate of drug-likeness (QED) is 0.0225. The number of aliphatic hydroxyl groups excluding tert-OH is 10. The normalized spacial score (nSPS) is 26.3. The molecule has 20 atom stereocenters. The highest BCUT2D eigenvalue weighted by Crippen LogP contribution is 2.47. The zero-order valence-corrected chi connectivity index (χ0v) is 83.6. The summed E-state index contributed by atoms with van der Waals surface area (Å²) in [6, 6.07) is 0. The molecule has 15 heterocycles. The summed E-state index contributed by atoms with van der Waals surface area (Å²) in [7, 11) is 0. The second-order valence-electron chi connectivity index (χ2n) is 38.1. The van der Waals surface area contributed by atoms with E-state index < -0.39 is 163 Å². The molecule has 19 N–H and O–H groups in total. The van der Waals surface area contributed by atoms with E-state index in [1.165, 1.54) is 17.2 Å². The van der Waals surface area contributed by atoms with Gasteiger partial charge < -0.3 is 111 Å². The third-order valence-corrected chi connectivity index (χ3v) is 30.4. The van der Waals surface area contributed by atoms with Crippen LogP contribution in [0.15, 0.2) is 27.0 Å². The maximum absolute atomic E-state index is 12.3. The highest BCUT2D eigenvalue weighted by Gasteiger charge is 2.50. The minimum Gasteiger partial charge on any atom is -0.476 e. The van der Waals surface area contributed by atoms with Crippen LogP contribution in [0.4, 0.5) is 17.8 Å². The van der Waals surface area contributed by atoms with E-state index >= 15 is 0 Å². The first-order chi connectivity index (χ1) is 62.2. The first kappa shape index (κ1) is 106. The lowest BCUT2D eigenvalue weighted by atomic mass is 10.1. The van der Waals surface area contributed by atoms with Crippen molar-refractivity contribution < 1.29 is 84.2 Å². The molecular weight excluding hydrogens is 1820 g/mol. The number of aliphatic hydroxyl groups is 10. The number of anilines is 3. The molecule has 10 aromatic rings. The molecule has 5 saturated heterocycles. The van der Waals surface area contributed by atoms with Gasteiger partial charge in [-0.3, -0.25) is 42.2 Å². The van der Waals surface area contributed by atoms with Crippen LogP contribution in [-0.4, -0.2) is 382 Å². The number of H-pyrrole nitrogens is 3. The molecule has 43 nitrogen and oxygen atoms in total. The smallest absolute Gasteiger partial charge is 0.280 e. The van der Waals surface area contributed by atoms with Gasteiger partial charge in [0, 0.05) is 12.8 Å². The van der Waals surface area contributed by atoms with E-state index in [1.807, 2.05) is 20.8 Å². The van der Waals surface area contributed by atoms with Crippen LogP contribution >= 0.6 is 34.4 Å². The van der Waals surface area contributed by atoms with Gasteiger partial charge in [-0.2, -0.15) is 24.9 Å². The Hall–Kier alpha value is -7.95. The molecule has 0 saturated carbocycles. The van der Waals surface area contributed by atoms with Crippen LogP contribution in [0.1, 0.15) is 146 Å². The van der Waals surface area contributed by atoms with Gasteiger partial charge in [0.15, 0.2) is 87.0 Å². The molecule has 0 aromatic carbocycles. The lowest BCUT2D eigenvalue weighted by Crippen LogP contribution is -2.32. The van der Waals surface area contributed by atoms with Crippen LogP contribution in [0, 0.1) is 20.8 Å².